The topological polar surface area (TPSA) is 56.2 Å². The van der Waals surface area contributed by atoms with Crippen molar-refractivity contribution in [2.45, 2.75) is 6.61 Å². The maximum Gasteiger partial charge on any atom is 0.255 e. The number of nitrogens with zero attached hydrogens (tertiary/aromatic N) is 2. The fourth-order valence-corrected chi connectivity index (χ4v) is 2.42. The highest BCUT2D eigenvalue weighted by Crippen LogP contribution is 2.18. The summed E-state index contributed by atoms with van der Waals surface area (Å²) >= 11 is 5.96. The van der Waals surface area contributed by atoms with Crippen molar-refractivity contribution in [3.63, 3.8) is 0 Å². The monoisotopic (exact) mass is 341 g/mol. The lowest BCUT2D eigenvalue weighted by Gasteiger charge is -2.08. The number of hydrogen-bond donors (Lipinski definition) is 1. The standard InChI is InChI=1S/C18H16ClN3O2/c1-22-11-16(10-20-22)21-18(23)14-5-3-7-17(9-14)24-12-13-4-2-6-15(19)8-13/h2-11H,12H2,1H3,(H,21,23). The van der Waals surface area contributed by atoms with Crippen LogP contribution in [0.3, 0.4) is 0 Å². The van der Waals surface area contributed by atoms with Gasteiger partial charge in [-0.2, -0.15) is 5.10 Å². The fraction of sp³-hybridized carbons (Fsp3) is 0.111. The number of amides is 1. The molecule has 5 nitrogen and oxygen atoms in total. The van der Waals surface area contributed by atoms with Gasteiger partial charge in [-0.05, 0) is 35.9 Å². The van der Waals surface area contributed by atoms with E-state index in [0.717, 1.165) is 5.56 Å². The van der Waals surface area contributed by atoms with E-state index in [-0.39, 0.29) is 5.91 Å². The molecule has 1 N–H and O–H groups in total. The van der Waals surface area contributed by atoms with E-state index in [9.17, 15) is 4.79 Å². The van der Waals surface area contributed by atoms with Crippen molar-refractivity contribution >= 4 is 23.2 Å². The summed E-state index contributed by atoms with van der Waals surface area (Å²) in [5.41, 5.74) is 2.13. The highest BCUT2D eigenvalue weighted by Gasteiger charge is 2.08. The normalized spacial score (nSPS) is 10.4. The van der Waals surface area contributed by atoms with Crippen LogP contribution < -0.4 is 10.1 Å². The lowest BCUT2D eigenvalue weighted by Crippen LogP contribution is -2.11. The van der Waals surface area contributed by atoms with E-state index in [0.29, 0.717) is 28.6 Å². The molecule has 0 aliphatic rings. The molecule has 2 aromatic carbocycles. The van der Waals surface area contributed by atoms with Gasteiger partial charge in [-0.1, -0.05) is 29.8 Å². The van der Waals surface area contributed by atoms with Crippen molar-refractivity contribution in [2.75, 3.05) is 5.32 Å². The van der Waals surface area contributed by atoms with Crippen LogP contribution in [0, 0.1) is 0 Å². The van der Waals surface area contributed by atoms with Crippen LogP contribution in [0.2, 0.25) is 5.02 Å². The summed E-state index contributed by atoms with van der Waals surface area (Å²) in [7, 11) is 1.79. The number of ether oxygens (including phenoxy) is 1. The number of nitrogens with one attached hydrogen (secondary N) is 1. The molecule has 0 saturated carbocycles. The Kier molecular flexibility index (Phi) is 4.82. The number of carbonyl (C=O) groups is 1. The number of hydrogen-bond acceptors (Lipinski definition) is 3. The Morgan fingerprint density at radius 2 is 2.08 bits per heavy atom. The van der Waals surface area contributed by atoms with E-state index in [1.165, 1.54) is 0 Å². The number of halogens is 1. The van der Waals surface area contributed by atoms with Crippen LogP contribution in [-0.2, 0) is 13.7 Å². The van der Waals surface area contributed by atoms with Gasteiger partial charge in [0.15, 0.2) is 0 Å². The Labute approximate surface area is 144 Å². The highest BCUT2D eigenvalue weighted by molar-refractivity contribution is 6.30. The lowest BCUT2D eigenvalue weighted by molar-refractivity contribution is 0.102. The van der Waals surface area contributed by atoms with Crippen molar-refractivity contribution in [1.29, 1.82) is 0 Å². The Hall–Kier alpha value is -2.79. The minimum absolute atomic E-state index is 0.212. The van der Waals surface area contributed by atoms with E-state index in [1.807, 2.05) is 30.3 Å². The van der Waals surface area contributed by atoms with Crippen molar-refractivity contribution in [2.24, 2.45) is 7.05 Å². The summed E-state index contributed by atoms with van der Waals surface area (Å²) in [5.74, 6) is 0.407. The molecule has 0 aliphatic heterocycles. The molecule has 1 amide bonds. The molecular formula is C18H16ClN3O2. The van der Waals surface area contributed by atoms with E-state index in [1.54, 1.807) is 42.3 Å². The molecule has 3 aromatic rings. The van der Waals surface area contributed by atoms with Gasteiger partial charge in [0.2, 0.25) is 0 Å². The Morgan fingerprint density at radius 3 is 2.83 bits per heavy atom. The Morgan fingerprint density at radius 1 is 1.25 bits per heavy atom. The van der Waals surface area contributed by atoms with E-state index in [2.05, 4.69) is 10.4 Å². The van der Waals surface area contributed by atoms with Gasteiger partial charge in [0.05, 0.1) is 11.9 Å². The molecule has 3 rings (SSSR count). The molecule has 6 heteroatoms. The molecule has 0 unspecified atom stereocenters. The summed E-state index contributed by atoms with van der Waals surface area (Å²) in [4.78, 5) is 12.3. The van der Waals surface area contributed by atoms with Crippen molar-refractivity contribution in [3.8, 4) is 5.75 Å². The first-order chi connectivity index (χ1) is 11.6. The maximum atomic E-state index is 12.3. The van der Waals surface area contributed by atoms with Gasteiger partial charge in [-0.3, -0.25) is 9.48 Å². The first-order valence-corrected chi connectivity index (χ1v) is 7.75. The number of aryl methyl sites for hydroxylation is 1. The van der Waals surface area contributed by atoms with E-state index >= 15 is 0 Å². The van der Waals surface area contributed by atoms with Crippen molar-refractivity contribution < 1.29 is 9.53 Å². The van der Waals surface area contributed by atoms with Crippen LogP contribution in [0.25, 0.3) is 0 Å². The molecule has 24 heavy (non-hydrogen) atoms. The third-order valence-corrected chi connectivity index (χ3v) is 3.59. The van der Waals surface area contributed by atoms with Crippen LogP contribution in [0.1, 0.15) is 15.9 Å². The molecule has 0 bridgehead atoms. The smallest absolute Gasteiger partial charge is 0.255 e. The molecule has 0 aliphatic carbocycles. The molecule has 1 heterocycles. The summed E-state index contributed by atoms with van der Waals surface area (Å²) in [5, 5.41) is 7.48. The maximum absolute atomic E-state index is 12.3. The quantitative estimate of drug-likeness (QED) is 0.765. The molecule has 122 valence electrons. The molecule has 0 atom stereocenters. The zero-order chi connectivity index (χ0) is 16.9. The average molecular weight is 342 g/mol. The van der Waals surface area contributed by atoms with E-state index < -0.39 is 0 Å². The van der Waals surface area contributed by atoms with Crippen molar-refractivity contribution in [1.82, 2.24) is 9.78 Å². The molecule has 1 aromatic heterocycles. The first-order valence-electron chi connectivity index (χ1n) is 7.37. The predicted molar refractivity (Wildman–Crippen MR) is 93.4 cm³/mol. The van der Waals surface area contributed by atoms with Gasteiger partial charge in [0.25, 0.3) is 5.91 Å². The SMILES string of the molecule is Cn1cc(NC(=O)c2cccc(OCc3cccc(Cl)c3)c2)cn1. The minimum atomic E-state index is -0.212. The summed E-state index contributed by atoms with van der Waals surface area (Å²) in [6.45, 7) is 0.383. The van der Waals surface area contributed by atoms with Crippen LogP contribution in [0.4, 0.5) is 5.69 Å². The van der Waals surface area contributed by atoms with Crippen LogP contribution in [-0.4, -0.2) is 15.7 Å². The molecule has 0 spiro atoms. The van der Waals surface area contributed by atoms with Gasteiger partial charge in [0, 0.05) is 23.8 Å². The second-order valence-corrected chi connectivity index (χ2v) is 5.74. The minimum Gasteiger partial charge on any atom is -0.489 e. The van der Waals surface area contributed by atoms with Gasteiger partial charge >= 0.3 is 0 Å². The van der Waals surface area contributed by atoms with Gasteiger partial charge in [-0.25, -0.2) is 0 Å². The third kappa shape index (κ3) is 4.14. The van der Waals surface area contributed by atoms with Crippen LogP contribution in [0.5, 0.6) is 5.75 Å². The zero-order valence-electron chi connectivity index (χ0n) is 13.1. The average Bonchev–Trinajstić information content (AvgIpc) is 2.98. The fourth-order valence-electron chi connectivity index (χ4n) is 2.21. The number of benzene rings is 2. The second kappa shape index (κ2) is 7.19. The van der Waals surface area contributed by atoms with Gasteiger partial charge in [0.1, 0.15) is 12.4 Å². The third-order valence-electron chi connectivity index (χ3n) is 3.35. The number of carbonyl (C=O) groups excluding carboxylic acids is 1. The second-order valence-electron chi connectivity index (χ2n) is 5.30. The first kappa shape index (κ1) is 16.1. The van der Waals surface area contributed by atoms with Crippen molar-refractivity contribution in [3.05, 3.63) is 77.1 Å². The highest BCUT2D eigenvalue weighted by atomic mass is 35.5. The summed E-state index contributed by atoms with van der Waals surface area (Å²) < 4.78 is 7.36. The number of anilines is 1. The largest absolute Gasteiger partial charge is 0.489 e. The van der Waals surface area contributed by atoms with Gasteiger partial charge in [-0.15, -0.1) is 0 Å². The molecular weight excluding hydrogens is 326 g/mol. The Balaban J connectivity index is 1.66. The summed E-state index contributed by atoms with van der Waals surface area (Å²) in [6.07, 6.45) is 3.33. The van der Waals surface area contributed by atoms with Gasteiger partial charge < -0.3 is 10.1 Å². The van der Waals surface area contributed by atoms with Crippen LogP contribution >= 0.6 is 11.6 Å². The van der Waals surface area contributed by atoms with Crippen LogP contribution in [0.15, 0.2) is 60.9 Å². The zero-order valence-corrected chi connectivity index (χ0v) is 13.8. The summed E-state index contributed by atoms with van der Waals surface area (Å²) in [6, 6.07) is 14.5. The lowest BCUT2D eigenvalue weighted by atomic mass is 10.2. The number of aromatic nitrogens is 2. The Bertz CT molecular complexity index is 861. The molecule has 0 fully saturated rings. The van der Waals surface area contributed by atoms with E-state index in [4.69, 9.17) is 16.3 Å². The predicted octanol–water partition coefficient (Wildman–Crippen LogP) is 3.90. The molecule has 0 radical (unpaired) electrons. The molecule has 0 saturated heterocycles. The number of rotatable bonds is 5.